The zero-order chi connectivity index (χ0) is 19.1. The van der Waals surface area contributed by atoms with Crippen molar-refractivity contribution in [3.05, 3.63) is 69.7 Å². The number of para-hydroxylation sites is 1. The fraction of sp³-hybridized carbons (Fsp3) is 0.211. The van der Waals surface area contributed by atoms with E-state index >= 15 is 0 Å². The van der Waals surface area contributed by atoms with E-state index in [1.165, 1.54) is 29.5 Å². The van der Waals surface area contributed by atoms with Gasteiger partial charge in [0.2, 0.25) is 0 Å². The Morgan fingerprint density at radius 3 is 2.31 bits per heavy atom. The van der Waals surface area contributed by atoms with Crippen LogP contribution in [0.15, 0.2) is 49.0 Å². The average molecular weight is 416 g/mol. The third-order valence-corrected chi connectivity index (χ3v) is 5.86. The summed E-state index contributed by atoms with van der Waals surface area (Å²) >= 11 is 13.2. The van der Waals surface area contributed by atoms with Crippen LogP contribution in [0.25, 0.3) is 15.8 Å². The standard InChI is InChI=1S/C19H14Cl2F3NS/c1-11(17-25-15-5-3-4-6-16(15)26-17)10-18(2,19(22,23)24)12-7-13(20)9-14(21)8-12/h3-9H,1,10H2,2H3. The van der Waals surface area contributed by atoms with Crippen LogP contribution in [-0.4, -0.2) is 11.2 Å². The summed E-state index contributed by atoms with van der Waals surface area (Å²) in [5.74, 6) is 0. The number of hydrogen-bond donors (Lipinski definition) is 0. The van der Waals surface area contributed by atoms with Crippen molar-refractivity contribution in [3.8, 4) is 0 Å². The van der Waals surface area contributed by atoms with Crippen LogP contribution < -0.4 is 0 Å². The number of halogens is 5. The molecule has 26 heavy (non-hydrogen) atoms. The van der Waals surface area contributed by atoms with Crippen molar-refractivity contribution in [2.24, 2.45) is 0 Å². The first-order valence-electron chi connectivity index (χ1n) is 7.67. The van der Waals surface area contributed by atoms with E-state index in [-0.39, 0.29) is 22.0 Å². The largest absolute Gasteiger partial charge is 0.398 e. The highest BCUT2D eigenvalue weighted by molar-refractivity contribution is 7.19. The lowest BCUT2D eigenvalue weighted by Crippen LogP contribution is -2.39. The number of thiazole rings is 1. The van der Waals surface area contributed by atoms with Crippen molar-refractivity contribution in [2.45, 2.75) is 24.9 Å². The number of nitrogens with zero attached hydrogens (tertiary/aromatic N) is 1. The molecule has 0 aliphatic carbocycles. The highest BCUT2D eigenvalue weighted by atomic mass is 35.5. The number of hydrogen-bond acceptors (Lipinski definition) is 2. The van der Waals surface area contributed by atoms with Crippen molar-refractivity contribution in [2.75, 3.05) is 0 Å². The Labute approximate surface area is 163 Å². The van der Waals surface area contributed by atoms with Crippen molar-refractivity contribution in [1.29, 1.82) is 0 Å². The van der Waals surface area contributed by atoms with Gasteiger partial charge in [0.25, 0.3) is 0 Å². The normalized spacial score (nSPS) is 14.4. The Morgan fingerprint density at radius 1 is 1.12 bits per heavy atom. The molecule has 0 N–H and O–H groups in total. The lowest BCUT2D eigenvalue weighted by atomic mass is 9.76. The van der Waals surface area contributed by atoms with Crippen LogP contribution in [0.4, 0.5) is 13.2 Å². The third-order valence-electron chi connectivity index (χ3n) is 4.29. The number of fused-ring (bicyclic) bond motifs is 1. The van der Waals surface area contributed by atoms with Gasteiger partial charge in [0, 0.05) is 10.0 Å². The molecule has 3 rings (SSSR count). The molecule has 0 fully saturated rings. The van der Waals surface area contributed by atoms with Crippen LogP contribution in [0.1, 0.15) is 23.9 Å². The molecule has 1 aromatic heterocycles. The fourth-order valence-electron chi connectivity index (χ4n) is 2.76. The van der Waals surface area contributed by atoms with Crippen LogP contribution in [0, 0.1) is 0 Å². The van der Waals surface area contributed by atoms with Crippen LogP contribution >= 0.6 is 34.5 Å². The Kier molecular flexibility index (Phi) is 5.08. The van der Waals surface area contributed by atoms with Gasteiger partial charge in [0.05, 0.1) is 15.6 Å². The quantitative estimate of drug-likeness (QED) is 0.429. The maximum Gasteiger partial charge on any atom is 0.398 e. The molecule has 1 heterocycles. The van der Waals surface area contributed by atoms with Gasteiger partial charge < -0.3 is 0 Å². The Bertz CT molecular complexity index is 927. The first-order chi connectivity index (χ1) is 12.1. The topological polar surface area (TPSA) is 12.9 Å². The van der Waals surface area contributed by atoms with Crippen molar-refractivity contribution in [1.82, 2.24) is 4.98 Å². The maximum absolute atomic E-state index is 14.0. The lowest BCUT2D eigenvalue weighted by Gasteiger charge is -2.33. The van der Waals surface area contributed by atoms with Gasteiger partial charge in [-0.2, -0.15) is 13.2 Å². The van der Waals surface area contributed by atoms with Gasteiger partial charge in [-0.15, -0.1) is 11.3 Å². The molecule has 0 saturated carbocycles. The van der Waals surface area contributed by atoms with Gasteiger partial charge in [-0.05, 0) is 54.8 Å². The molecule has 0 aliphatic heterocycles. The molecule has 2 aromatic carbocycles. The molecule has 0 amide bonds. The highest BCUT2D eigenvalue weighted by Gasteiger charge is 2.52. The lowest BCUT2D eigenvalue weighted by molar-refractivity contribution is -0.184. The number of aromatic nitrogens is 1. The smallest absolute Gasteiger partial charge is 0.236 e. The summed E-state index contributed by atoms with van der Waals surface area (Å²) in [5, 5.41) is 0.817. The zero-order valence-electron chi connectivity index (χ0n) is 13.7. The molecular weight excluding hydrogens is 402 g/mol. The SMILES string of the molecule is C=C(CC(C)(c1cc(Cl)cc(Cl)c1)C(F)(F)F)c1nc2ccccc2s1. The summed E-state index contributed by atoms with van der Waals surface area (Å²) in [5.41, 5.74) is -1.11. The van der Waals surface area contributed by atoms with Crippen molar-refractivity contribution >= 4 is 50.3 Å². The maximum atomic E-state index is 14.0. The van der Waals surface area contributed by atoms with Crippen molar-refractivity contribution in [3.63, 3.8) is 0 Å². The third kappa shape index (κ3) is 3.61. The summed E-state index contributed by atoms with van der Waals surface area (Å²) in [6.45, 7) is 5.00. The minimum Gasteiger partial charge on any atom is -0.236 e. The molecule has 136 valence electrons. The minimum atomic E-state index is -4.51. The molecule has 1 nitrogen and oxygen atoms in total. The molecule has 0 radical (unpaired) electrons. The van der Waals surface area contributed by atoms with E-state index in [4.69, 9.17) is 23.2 Å². The fourth-order valence-corrected chi connectivity index (χ4v) is 4.22. The van der Waals surface area contributed by atoms with Gasteiger partial charge >= 0.3 is 6.18 Å². The van der Waals surface area contributed by atoms with Crippen molar-refractivity contribution < 1.29 is 13.2 Å². The van der Waals surface area contributed by atoms with Gasteiger partial charge in [-0.3, -0.25) is 0 Å². The second kappa shape index (κ2) is 6.87. The monoisotopic (exact) mass is 415 g/mol. The first-order valence-corrected chi connectivity index (χ1v) is 9.24. The zero-order valence-corrected chi connectivity index (χ0v) is 16.0. The molecule has 0 saturated heterocycles. The number of benzene rings is 2. The predicted octanol–water partition coefficient (Wildman–Crippen LogP) is 7.53. The molecule has 7 heteroatoms. The second-order valence-corrected chi connectivity index (χ2v) is 8.16. The van der Waals surface area contributed by atoms with Crippen LogP contribution in [-0.2, 0) is 5.41 Å². The molecule has 0 bridgehead atoms. The predicted molar refractivity (Wildman–Crippen MR) is 103 cm³/mol. The Hall–Kier alpha value is -1.56. The van der Waals surface area contributed by atoms with Crippen LogP contribution in [0.2, 0.25) is 10.0 Å². The molecule has 3 aromatic rings. The molecule has 1 unspecified atom stereocenters. The molecule has 0 aliphatic rings. The highest BCUT2D eigenvalue weighted by Crippen LogP contribution is 2.48. The van der Waals surface area contributed by atoms with Crippen LogP contribution in [0.5, 0.6) is 0 Å². The average Bonchev–Trinajstić information content (AvgIpc) is 2.97. The molecule has 0 spiro atoms. The van der Waals surface area contributed by atoms with E-state index in [1.54, 1.807) is 0 Å². The van der Waals surface area contributed by atoms with Crippen LogP contribution in [0.3, 0.4) is 0 Å². The molecular formula is C19H14Cl2F3NS. The van der Waals surface area contributed by atoms with E-state index in [2.05, 4.69) is 11.6 Å². The number of allylic oxidation sites excluding steroid dienone is 1. The Morgan fingerprint density at radius 2 is 1.73 bits per heavy atom. The van der Waals surface area contributed by atoms with Gasteiger partial charge in [0.1, 0.15) is 5.01 Å². The van der Waals surface area contributed by atoms with Gasteiger partial charge in [0.15, 0.2) is 0 Å². The van der Waals surface area contributed by atoms with E-state index in [9.17, 15) is 13.2 Å². The Balaban J connectivity index is 2.02. The van der Waals surface area contributed by atoms with Gasteiger partial charge in [-0.1, -0.05) is 41.9 Å². The summed E-state index contributed by atoms with van der Waals surface area (Å²) in [6.07, 6.45) is -4.85. The summed E-state index contributed by atoms with van der Waals surface area (Å²) < 4.78 is 42.9. The van der Waals surface area contributed by atoms with E-state index in [1.807, 2.05) is 24.3 Å². The number of alkyl halides is 3. The summed E-state index contributed by atoms with van der Waals surface area (Å²) in [6, 6.07) is 11.4. The number of rotatable bonds is 4. The minimum absolute atomic E-state index is 0.00441. The van der Waals surface area contributed by atoms with E-state index in [0.29, 0.717) is 10.6 Å². The molecule has 1 atom stereocenters. The summed E-state index contributed by atoms with van der Waals surface area (Å²) in [7, 11) is 0. The second-order valence-electron chi connectivity index (χ2n) is 6.26. The van der Waals surface area contributed by atoms with E-state index < -0.39 is 11.6 Å². The van der Waals surface area contributed by atoms with E-state index in [0.717, 1.165) is 17.1 Å². The summed E-state index contributed by atoms with van der Waals surface area (Å²) in [4.78, 5) is 4.41. The first kappa shape index (κ1) is 19.2. The van der Waals surface area contributed by atoms with Gasteiger partial charge in [-0.25, -0.2) is 4.98 Å².